The van der Waals surface area contributed by atoms with Gasteiger partial charge in [0, 0.05) is 32.2 Å². The molecule has 0 bridgehead atoms. The minimum atomic E-state index is -1.12. The number of aliphatic imine (C=N–C) groups is 1. The molecule has 1 fully saturated rings. The van der Waals surface area contributed by atoms with Crippen molar-refractivity contribution in [1.82, 2.24) is 15.5 Å². The number of aliphatic hydroxyl groups is 1. The number of hydrogen-bond acceptors (Lipinski definition) is 5. The first-order chi connectivity index (χ1) is 12.9. The van der Waals surface area contributed by atoms with E-state index in [1.807, 2.05) is 6.92 Å². The average Bonchev–Trinajstić information content (AvgIpc) is 3.17. The maximum atomic E-state index is 10.6. The lowest BCUT2D eigenvalue weighted by Gasteiger charge is -2.33. The maximum Gasteiger partial charge on any atom is 0.191 e. The summed E-state index contributed by atoms with van der Waals surface area (Å²) in [7, 11) is 0. The topological polar surface area (TPSA) is 82.3 Å². The van der Waals surface area contributed by atoms with Gasteiger partial charge in [-0.2, -0.15) is 0 Å². The van der Waals surface area contributed by atoms with Crippen LogP contribution >= 0.6 is 0 Å². The summed E-state index contributed by atoms with van der Waals surface area (Å²) < 4.78 is 11.0. The first kappa shape index (κ1) is 21.7. The van der Waals surface area contributed by atoms with E-state index in [4.69, 9.17) is 9.15 Å². The summed E-state index contributed by atoms with van der Waals surface area (Å²) in [6, 6.07) is 3.93. The van der Waals surface area contributed by atoms with Gasteiger partial charge in [-0.1, -0.05) is 0 Å². The van der Waals surface area contributed by atoms with Crippen LogP contribution in [0, 0.1) is 0 Å². The zero-order valence-corrected chi connectivity index (χ0v) is 17.2. The van der Waals surface area contributed by atoms with Crippen molar-refractivity contribution < 1.29 is 14.3 Å². The fraction of sp³-hybridized carbons (Fsp3) is 0.750. The Balaban J connectivity index is 1.80. The van der Waals surface area contributed by atoms with Gasteiger partial charge in [-0.15, -0.1) is 0 Å². The van der Waals surface area contributed by atoms with Gasteiger partial charge in [0.2, 0.25) is 0 Å². The SMILES string of the molecule is CCNC(=NCC(C)(O)c1ccco1)NC1CCN(CCOC(C)C)CC1. The van der Waals surface area contributed by atoms with Crippen LogP contribution < -0.4 is 10.6 Å². The minimum absolute atomic E-state index is 0.237. The molecular weight excluding hydrogens is 344 g/mol. The summed E-state index contributed by atoms with van der Waals surface area (Å²) in [6.07, 6.45) is 4.00. The van der Waals surface area contributed by atoms with Gasteiger partial charge in [0.25, 0.3) is 0 Å². The number of likely N-dealkylation sites (tertiary alicyclic amines) is 1. The second kappa shape index (κ2) is 10.7. The van der Waals surface area contributed by atoms with Crippen LogP contribution in [0.3, 0.4) is 0 Å². The monoisotopic (exact) mass is 380 g/mol. The smallest absolute Gasteiger partial charge is 0.191 e. The number of guanidine groups is 1. The van der Waals surface area contributed by atoms with Gasteiger partial charge in [-0.25, -0.2) is 4.99 Å². The Morgan fingerprint density at radius 2 is 2.19 bits per heavy atom. The van der Waals surface area contributed by atoms with E-state index < -0.39 is 5.60 Å². The summed E-state index contributed by atoms with van der Waals surface area (Å²) in [5, 5.41) is 17.4. The Kier molecular flexibility index (Phi) is 8.60. The lowest BCUT2D eigenvalue weighted by Crippen LogP contribution is -2.49. The van der Waals surface area contributed by atoms with Crippen LogP contribution in [0.4, 0.5) is 0 Å². The van der Waals surface area contributed by atoms with E-state index in [0.717, 1.165) is 51.6 Å². The van der Waals surface area contributed by atoms with Crippen LogP contribution in [0.25, 0.3) is 0 Å². The zero-order valence-electron chi connectivity index (χ0n) is 17.2. The second-order valence-electron chi connectivity index (χ2n) is 7.63. The number of nitrogens with one attached hydrogen (secondary N) is 2. The van der Waals surface area contributed by atoms with Crippen molar-refractivity contribution in [2.75, 3.05) is 39.3 Å². The summed E-state index contributed by atoms with van der Waals surface area (Å²) in [5.41, 5.74) is -1.12. The Labute approximate surface area is 163 Å². The van der Waals surface area contributed by atoms with Gasteiger partial charge < -0.3 is 29.8 Å². The van der Waals surface area contributed by atoms with E-state index in [0.29, 0.717) is 17.9 Å². The van der Waals surface area contributed by atoms with Crippen LogP contribution in [-0.2, 0) is 10.3 Å². The number of furan rings is 1. The molecule has 2 rings (SSSR count). The van der Waals surface area contributed by atoms with Crippen LogP contribution in [0.15, 0.2) is 27.8 Å². The number of ether oxygens (including phenoxy) is 1. The molecule has 1 aromatic heterocycles. The second-order valence-corrected chi connectivity index (χ2v) is 7.63. The number of hydrogen-bond donors (Lipinski definition) is 3. The van der Waals surface area contributed by atoms with E-state index in [1.54, 1.807) is 25.3 Å². The predicted octanol–water partition coefficient (Wildman–Crippen LogP) is 1.93. The fourth-order valence-corrected chi connectivity index (χ4v) is 3.13. The van der Waals surface area contributed by atoms with Crippen molar-refractivity contribution in [3.63, 3.8) is 0 Å². The predicted molar refractivity (Wildman–Crippen MR) is 108 cm³/mol. The first-order valence-corrected chi connectivity index (χ1v) is 10.1. The summed E-state index contributed by atoms with van der Waals surface area (Å²) in [6.45, 7) is 12.8. The fourth-order valence-electron chi connectivity index (χ4n) is 3.13. The largest absolute Gasteiger partial charge is 0.466 e. The molecule has 0 radical (unpaired) electrons. The third-order valence-corrected chi connectivity index (χ3v) is 4.73. The lowest BCUT2D eigenvalue weighted by molar-refractivity contribution is 0.0436. The van der Waals surface area contributed by atoms with E-state index in [2.05, 4.69) is 34.4 Å². The number of rotatable bonds is 9. The Hall–Kier alpha value is -1.57. The molecule has 154 valence electrons. The number of piperidine rings is 1. The van der Waals surface area contributed by atoms with Crippen molar-refractivity contribution >= 4 is 5.96 Å². The molecule has 0 amide bonds. The molecule has 7 nitrogen and oxygen atoms in total. The lowest BCUT2D eigenvalue weighted by atomic mass is 10.0. The third-order valence-electron chi connectivity index (χ3n) is 4.73. The molecule has 0 spiro atoms. The van der Waals surface area contributed by atoms with Crippen LogP contribution in [-0.4, -0.2) is 67.4 Å². The molecule has 1 atom stereocenters. The first-order valence-electron chi connectivity index (χ1n) is 10.1. The average molecular weight is 381 g/mol. The number of nitrogens with zero attached hydrogens (tertiary/aromatic N) is 2. The highest BCUT2D eigenvalue weighted by molar-refractivity contribution is 5.80. The Morgan fingerprint density at radius 1 is 1.44 bits per heavy atom. The highest BCUT2D eigenvalue weighted by Crippen LogP contribution is 2.21. The van der Waals surface area contributed by atoms with Gasteiger partial charge >= 0.3 is 0 Å². The van der Waals surface area contributed by atoms with Crippen molar-refractivity contribution in [1.29, 1.82) is 0 Å². The summed E-state index contributed by atoms with van der Waals surface area (Å²) in [4.78, 5) is 7.02. The van der Waals surface area contributed by atoms with E-state index in [-0.39, 0.29) is 6.54 Å². The molecule has 1 aromatic rings. The van der Waals surface area contributed by atoms with Gasteiger partial charge in [0.15, 0.2) is 5.96 Å². The molecule has 1 unspecified atom stereocenters. The summed E-state index contributed by atoms with van der Waals surface area (Å²) in [5.74, 6) is 1.27. The molecule has 1 aliphatic heterocycles. The molecule has 0 aliphatic carbocycles. The van der Waals surface area contributed by atoms with E-state index in [9.17, 15) is 5.11 Å². The molecule has 2 heterocycles. The molecule has 0 aromatic carbocycles. The molecule has 3 N–H and O–H groups in total. The maximum absolute atomic E-state index is 10.6. The minimum Gasteiger partial charge on any atom is -0.466 e. The van der Waals surface area contributed by atoms with Gasteiger partial charge in [0.1, 0.15) is 11.4 Å². The standard InChI is InChI=1S/C20H36N4O3/c1-5-21-19(22-15-20(4,25)18-7-6-13-27-18)23-17-8-10-24(11-9-17)12-14-26-16(2)3/h6-7,13,16-17,25H,5,8-12,14-15H2,1-4H3,(H2,21,22,23). The van der Waals surface area contributed by atoms with Crippen molar-refractivity contribution in [2.45, 2.75) is 58.3 Å². The van der Waals surface area contributed by atoms with E-state index >= 15 is 0 Å². The molecule has 7 heteroatoms. The van der Waals surface area contributed by atoms with E-state index in [1.165, 1.54) is 0 Å². The highest BCUT2D eigenvalue weighted by Gasteiger charge is 2.26. The molecule has 0 saturated carbocycles. The Bertz CT molecular complexity index is 550. The molecule has 1 aliphatic rings. The van der Waals surface area contributed by atoms with Crippen LogP contribution in [0.1, 0.15) is 46.3 Å². The zero-order chi connectivity index (χ0) is 19.7. The quantitative estimate of drug-likeness (QED) is 0.449. The van der Waals surface area contributed by atoms with Gasteiger partial charge in [-0.05, 0) is 52.7 Å². The highest BCUT2D eigenvalue weighted by atomic mass is 16.5. The third kappa shape index (κ3) is 7.52. The van der Waals surface area contributed by atoms with Gasteiger partial charge in [-0.3, -0.25) is 0 Å². The normalized spacial score (nSPS) is 19.3. The molecule has 27 heavy (non-hydrogen) atoms. The van der Waals surface area contributed by atoms with Crippen molar-refractivity contribution in [3.05, 3.63) is 24.2 Å². The molecule has 1 saturated heterocycles. The van der Waals surface area contributed by atoms with Crippen molar-refractivity contribution in [3.8, 4) is 0 Å². The summed E-state index contributed by atoms with van der Waals surface area (Å²) >= 11 is 0. The van der Waals surface area contributed by atoms with Crippen LogP contribution in [0.2, 0.25) is 0 Å². The van der Waals surface area contributed by atoms with Crippen LogP contribution in [0.5, 0.6) is 0 Å². The van der Waals surface area contributed by atoms with Gasteiger partial charge in [0.05, 0.1) is 25.5 Å². The Morgan fingerprint density at radius 3 is 2.78 bits per heavy atom. The van der Waals surface area contributed by atoms with Crippen molar-refractivity contribution in [2.24, 2.45) is 4.99 Å². The molecular formula is C20H36N4O3.